The van der Waals surface area contributed by atoms with Gasteiger partial charge in [0.15, 0.2) is 0 Å². The number of aliphatic imine (C=N–C) groups is 1. The Morgan fingerprint density at radius 1 is 1.90 bits per heavy atom. The smallest absolute Gasteiger partial charge is 0.612 e. The van der Waals surface area contributed by atoms with Crippen molar-refractivity contribution in [1.82, 2.24) is 0 Å². The van der Waals surface area contributed by atoms with Gasteiger partial charge in [-0.05, 0) is 18.8 Å². The first-order chi connectivity index (χ1) is 4.31. The molecule has 0 aliphatic rings. The second-order valence-electron chi connectivity index (χ2n) is 1.10. The van der Waals surface area contributed by atoms with Gasteiger partial charge in [-0.3, -0.25) is 0 Å². The quantitative estimate of drug-likeness (QED) is 0.145. The SMILES string of the molecule is CCOC([O-])=C[15N]=C=S.[Li+]. The fourth-order valence-electron chi connectivity index (χ4n) is 0.259. The molecule has 0 saturated carbocycles. The van der Waals surface area contributed by atoms with E-state index in [1.54, 1.807) is 6.92 Å². The van der Waals surface area contributed by atoms with Crippen LogP contribution in [0.5, 0.6) is 0 Å². The zero-order chi connectivity index (χ0) is 7.11. The Hall–Kier alpha value is -0.263. The number of isothiocyanates is 1. The van der Waals surface area contributed by atoms with Crippen LogP contribution in [-0.2, 0) is 4.74 Å². The molecule has 0 N–H and O–H groups in total. The second-order valence-corrected chi connectivity index (χ2v) is 1.28. The maximum Gasteiger partial charge on any atom is 1.00 e. The van der Waals surface area contributed by atoms with Gasteiger partial charge in [-0.15, -0.1) is 0 Å². The Morgan fingerprint density at radius 3 is 2.90 bits per heavy atom. The second kappa shape index (κ2) is 8.74. The summed E-state index contributed by atoms with van der Waals surface area (Å²) >= 11 is 4.20. The van der Waals surface area contributed by atoms with Crippen molar-refractivity contribution in [2.75, 3.05) is 6.61 Å². The third-order valence-electron chi connectivity index (χ3n) is 0.509. The zero-order valence-corrected chi connectivity index (χ0v) is 6.77. The van der Waals surface area contributed by atoms with Crippen molar-refractivity contribution in [3.05, 3.63) is 12.1 Å². The van der Waals surface area contributed by atoms with E-state index in [-0.39, 0.29) is 18.9 Å². The number of thiocarbonyl (C=S) groups is 1. The van der Waals surface area contributed by atoms with E-state index in [1.807, 2.05) is 5.16 Å². The van der Waals surface area contributed by atoms with Gasteiger partial charge in [0.05, 0.1) is 17.3 Å². The predicted octanol–water partition coefficient (Wildman–Crippen LogP) is -2.71. The van der Waals surface area contributed by atoms with E-state index in [4.69, 9.17) is 0 Å². The van der Waals surface area contributed by atoms with Gasteiger partial charge in [0, 0.05) is 0 Å². The monoisotopic (exact) mass is 152 g/mol. The van der Waals surface area contributed by atoms with E-state index < -0.39 is 5.95 Å². The molecule has 0 radical (unpaired) electrons. The molecule has 0 fully saturated rings. The van der Waals surface area contributed by atoms with Crippen molar-refractivity contribution in [2.45, 2.75) is 6.92 Å². The molecule has 0 unspecified atom stereocenters. The van der Waals surface area contributed by atoms with Crippen molar-refractivity contribution in [1.29, 1.82) is 0 Å². The Bertz CT molecular complexity index is 154. The van der Waals surface area contributed by atoms with Gasteiger partial charge in [0.1, 0.15) is 0 Å². The summed E-state index contributed by atoms with van der Waals surface area (Å²) in [6.45, 7) is 2.06. The van der Waals surface area contributed by atoms with Crippen LogP contribution in [-0.4, -0.2) is 11.8 Å². The summed E-state index contributed by atoms with van der Waals surface area (Å²) in [5, 5.41) is 12.4. The molecule has 0 aromatic heterocycles. The number of rotatable bonds is 3. The van der Waals surface area contributed by atoms with E-state index in [0.717, 1.165) is 6.20 Å². The van der Waals surface area contributed by atoms with Crippen LogP contribution in [0.3, 0.4) is 0 Å². The third-order valence-corrected chi connectivity index (χ3v) is 0.615. The molecule has 0 amide bonds. The van der Waals surface area contributed by atoms with Gasteiger partial charge in [0.2, 0.25) is 0 Å². The zero-order valence-electron chi connectivity index (χ0n) is 5.96. The molecule has 0 atom stereocenters. The van der Waals surface area contributed by atoms with E-state index in [2.05, 4.69) is 21.9 Å². The molecule has 0 aromatic carbocycles. The number of hydrogen-bond acceptors (Lipinski definition) is 4. The number of ether oxygens (including phenoxy) is 1. The average Bonchev–Trinajstić information content (AvgIpc) is 1.85. The van der Waals surface area contributed by atoms with Crippen molar-refractivity contribution in [2.24, 2.45) is 4.99 Å². The maximum atomic E-state index is 10.3. The Kier molecular flexibility index (Phi) is 10.8. The predicted molar refractivity (Wildman–Crippen MR) is 34.7 cm³/mol. The molecule has 0 bridgehead atoms. The van der Waals surface area contributed by atoms with Crippen LogP contribution in [0.2, 0.25) is 0 Å². The standard InChI is InChI=1S/C5H7NO2S.Li/c1-2-8-5(7)3-6-4-9;/h3,7H,2H2,1H3;/q;+1/p-1/i6+1;. The van der Waals surface area contributed by atoms with Crippen molar-refractivity contribution in [3.8, 4) is 0 Å². The molecule has 0 aliphatic heterocycles. The summed E-state index contributed by atoms with van der Waals surface area (Å²) in [5.41, 5.74) is 0. The minimum absolute atomic E-state index is 0. The van der Waals surface area contributed by atoms with Gasteiger partial charge in [-0.1, -0.05) is 6.92 Å². The molecule has 0 heterocycles. The van der Waals surface area contributed by atoms with Gasteiger partial charge in [-0.2, -0.15) is 0 Å². The molecular formula is C5H6LiNO2S. The van der Waals surface area contributed by atoms with Gasteiger partial charge in [-0.25, -0.2) is 4.99 Å². The fraction of sp³-hybridized carbons (Fsp3) is 0.400. The van der Waals surface area contributed by atoms with Gasteiger partial charge >= 0.3 is 18.9 Å². The average molecular weight is 152 g/mol. The molecule has 0 aromatic rings. The molecule has 10 heavy (non-hydrogen) atoms. The summed E-state index contributed by atoms with van der Waals surface area (Å²) < 4.78 is 4.47. The Morgan fingerprint density at radius 2 is 2.50 bits per heavy atom. The fourth-order valence-corrected chi connectivity index (χ4v) is 0.311. The van der Waals surface area contributed by atoms with E-state index >= 15 is 0 Å². The minimum atomic E-state index is -0.491. The number of nitrogens with zero attached hydrogens (tertiary/aromatic N) is 1. The maximum absolute atomic E-state index is 10.3. The van der Waals surface area contributed by atoms with E-state index in [0.29, 0.717) is 6.61 Å². The van der Waals surface area contributed by atoms with Crippen LogP contribution in [0.25, 0.3) is 0 Å². The first-order valence-corrected chi connectivity index (χ1v) is 2.79. The first kappa shape index (κ1) is 12.4. The topological polar surface area (TPSA) is 44.6 Å². The molecule has 50 valence electrons. The molecule has 0 spiro atoms. The molecule has 5 heteroatoms. The third kappa shape index (κ3) is 7.74. The Labute approximate surface area is 77.0 Å². The van der Waals surface area contributed by atoms with E-state index in [1.165, 1.54) is 0 Å². The normalized spacial score (nSPS) is 9.10. The van der Waals surface area contributed by atoms with Crippen LogP contribution >= 0.6 is 12.2 Å². The molecule has 0 rings (SSSR count). The summed E-state index contributed by atoms with van der Waals surface area (Å²) in [6, 6.07) is 0. The summed E-state index contributed by atoms with van der Waals surface area (Å²) in [4.78, 5) is 3.26. The Balaban J connectivity index is 0. The minimum Gasteiger partial charge on any atom is -0.612 e. The van der Waals surface area contributed by atoms with Crippen LogP contribution in [0.4, 0.5) is 0 Å². The molecular weight excluding hydrogens is 146 g/mol. The summed E-state index contributed by atoms with van der Waals surface area (Å²) in [6.07, 6.45) is 0.983. The number of hydrogen-bond donors (Lipinski definition) is 0. The van der Waals surface area contributed by atoms with Crippen molar-refractivity contribution >= 4 is 17.4 Å². The van der Waals surface area contributed by atoms with Crippen LogP contribution in [0.15, 0.2) is 17.1 Å². The summed E-state index contributed by atoms with van der Waals surface area (Å²) in [7, 11) is 0. The molecule has 0 saturated heterocycles. The van der Waals surface area contributed by atoms with Gasteiger partial charge < -0.3 is 9.84 Å². The van der Waals surface area contributed by atoms with Gasteiger partial charge in [0.25, 0.3) is 0 Å². The largest absolute Gasteiger partial charge is 1.00 e. The van der Waals surface area contributed by atoms with E-state index in [9.17, 15) is 5.11 Å². The van der Waals surface area contributed by atoms with Crippen molar-refractivity contribution < 1.29 is 28.7 Å². The summed E-state index contributed by atoms with van der Waals surface area (Å²) in [5.74, 6) is -0.491. The molecule has 0 aliphatic carbocycles. The van der Waals surface area contributed by atoms with Crippen molar-refractivity contribution in [3.63, 3.8) is 0 Å². The van der Waals surface area contributed by atoms with Crippen LogP contribution in [0.1, 0.15) is 6.92 Å². The van der Waals surface area contributed by atoms with Crippen LogP contribution < -0.4 is 24.0 Å². The van der Waals surface area contributed by atoms with Crippen LogP contribution in [0, 0.1) is 0 Å². The molecule has 3 nitrogen and oxygen atoms in total. The first-order valence-electron chi connectivity index (χ1n) is 2.38.